The van der Waals surface area contributed by atoms with Gasteiger partial charge in [-0.15, -0.1) is 0 Å². The highest BCUT2D eigenvalue weighted by Crippen LogP contribution is 2.30. The van der Waals surface area contributed by atoms with E-state index >= 15 is 0 Å². The maximum Gasteiger partial charge on any atom is 0.0763 e. The minimum atomic E-state index is 0.134. The lowest BCUT2D eigenvalue weighted by Gasteiger charge is -2.22. The molecule has 1 N–H and O–H groups in total. The predicted molar refractivity (Wildman–Crippen MR) is 84.7 cm³/mol. The Labute approximate surface area is 128 Å². The zero-order valence-corrected chi connectivity index (χ0v) is 13.8. The monoisotopic (exact) mass is 336 g/mol. The second-order valence-corrected chi connectivity index (χ2v) is 5.47. The van der Waals surface area contributed by atoms with Gasteiger partial charge in [-0.25, -0.2) is 0 Å². The van der Waals surface area contributed by atoms with Crippen molar-refractivity contribution in [3.8, 4) is 0 Å². The van der Waals surface area contributed by atoms with Crippen LogP contribution in [0.15, 0.2) is 29.1 Å². The van der Waals surface area contributed by atoms with E-state index in [1.807, 2.05) is 23.3 Å². The van der Waals surface area contributed by atoms with E-state index in [2.05, 4.69) is 58.2 Å². The molecule has 2 heterocycles. The molecule has 2 aromatic heterocycles. The molecule has 0 fully saturated rings. The second-order valence-electron chi connectivity index (χ2n) is 4.61. The van der Waals surface area contributed by atoms with Crippen LogP contribution in [0.2, 0.25) is 0 Å². The summed E-state index contributed by atoms with van der Waals surface area (Å²) in [6, 6.07) is 2.24. The molecule has 1 atom stereocenters. The number of rotatable bonds is 6. The molecule has 0 aliphatic heterocycles. The Kier molecular flexibility index (Phi) is 5.31. The third-order valence-electron chi connectivity index (χ3n) is 3.45. The lowest BCUT2D eigenvalue weighted by Crippen LogP contribution is -2.26. The van der Waals surface area contributed by atoms with Crippen LogP contribution in [0.5, 0.6) is 0 Å². The predicted octanol–water partition coefficient (Wildman–Crippen LogP) is 3.32. The average Bonchev–Trinajstić information content (AvgIpc) is 2.85. The molecule has 108 valence electrons. The van der Waals surface area contributed by atoms with Gasteiger partial charge in [-0.2, -0.15) is 5.10 Å². The summed E-state index contributed by atoms with van der Waals surface area (Å²) in [5.41, 5.74) is 3.73. The van der Waals surface area contributed by atoms with Crippen molar-refractivity contribution in [3.05, 3.63) is 46.0 Å². The van der Waals surface area contributed by atoms with Crippen molar-refractivity contribution in [2.75, 3.05) is 6.54 Å². The number of nitrogens with one attached hydrogen (secondary N) is 1. The Morgan fingerprint density at radius 3 is 2.75 bits per heavy atom. The molecule has 20 heavy (non-hydrogen) atoms. The van der Waals surface area contributed by atoms with Gasteiger partial charge in [0.1, 0.15) is 0 Å². The molecule has 2 aromatic rings. The molecule has 5 heteroatoms. The van der Waals surface area contributed by atoms with E-state index in [9.17, 15) is 0 Å². The Balaban J connectivity index is 2.53. The average molecular weight is 337 g/mol. The second kappa shape index (κ2) is 6.99. The Morgan fingerprint density at radius 1 is 1.30 bits per heavy atom. The molecular formula is C15H21BrN4. The van der Waals surface area contributed by atoms with E-state index in [0.717, 1.165) is 24.0 Å². The van der Waals surface area contributed by atoms with Crippen LogP contribution in [0.25, 0.3) is 0 Å². The highest BCUT2D eigenvalue weighted by Gasteiger charge is 2.22. The van der Waals surface area contributed by atoms with E-state index in [1.165, 1.54) is 16.8 Å². The minimum absolute atomic E-state index is 0.134. The molecule has 0 bridgehead atoms. The van der Waals surface area contributed by atoms with Crippen molar-refractivity contribution < 1.29 is 0 Å². The van der Waals surface area contributed by atoms with Gasteiger partial charge in [0, 0.05) is 18.9 Å². The number of hydrogen-bond acceptors (Lipinski definition) is 3. The zero-order valence-electron chi connectivity index (χ0n) is 12.2. The summed E-state index contributed by atoms with van der Waals surface area (Å²) in [6.45, 7) is 8.15. The van der Waals surface area contributed by atoms with E-state index < -0.39 is 0 Å². The molecule has 0 radical (unpaired) electrons. The molecule has 0 aliphatic rings. The number of nitrogens with zero attached hydrogens (tertiary/aromatic N) is 3. The standard InChI is InChI=1S/C15H21BrN4/c1-4-11-9-17-8-7-12(11)14(18-5-2)15-13(16)10-19-20(15)6-3/h7-10,14,18H,4-6H2,1-3H3. The SMILES string of the molecule is CCNC(c1ccncc1CC)c1c(Br)cnn1CC. The van der Waals surface area contributed by atoms with Gasteiger partial charge in [-0.3, -0.25) is 9.67 Å². The molecular weight excluding hydrogens is 316 g/mol. The molecule has 1 unspecified atom stereocenters. The van der Waals surface area contributed by atoms with Crippen molar-refractivity contribution in [2.45, 2.75) is 39.8 Å². The van der Waals surface area contributed by atoms with E-state index in [1.54, 1.807) is 0 Å². The van der Waals surface area contributed by atoms with Crippen LogP contribution >= 0.6 is 15.9 Å². The van der Waals surface area contributed by atoms with Gasteiger partial charge in [-0.1, -0.05) is 13.8 Å². The first-order chi connectivity index (χ1) is 9.72. The molecule has 0 saturated carbocycles. The number of aryl methyl sites for hydroxylation is 2. The van der Waals surface area contributed by atoms with Crippen LogP contribution < -0.4 is 5.32 Å². The third kappa shape index (κ3) is 2.94. The van der Waals surface area contributed by atoms with E-state index in [0.29, 0.717) is 0 Å². The topological polar surface area (TPSA) is 42.7 Å². The summed E-state index contributed by atoms with van der Waals surface area (Å²) in [5.74, 6) is 0. The van der Waals surface area contributed by atoms with Crippen LogP contribution in [0.4, 0.5) is 0 Å². The first kappa shape index (κ1) is 15.2. The first-order valence-corrected chi connectivity index (χ1v) is 7.89. The molecule has 4 nitrogen and oxygen atoms in total. The molecule has 0 saturated heterocycles. The van der Waals surface area contributed by atoms with Crippen molar-refractivity contribution >= 4 is 15.9 Å². The van der Waals surface area contributed by atoms with Gasteiger partial charge in [0.05, 0.1) is 22.4 Å². The number of halogens is 1. The lowest BCUT2D eigenvalue weighted by molar-refractivity contribution is 0.538. The molecule has 2 rings (SSSR count). The van der Waals surface area contributed by atoms with Gasteiger partial charge >= 0.3 is 0 Å². The molecule has 0 spiro atoms. The van der Waals surface area contributed by atoms with Crippen molar-refractivity contribution in [1.82, 2.24) is 20.1 Å². The number of pyridine rings is 1. The lowest BCUT2D eigenvalue weighted by atomic mass is 9.98. The zero-order chi connectivity index (χ0) is 14.5. The normalized spacial score (nSPS) is 12.6. The molecule has 0 aliphatic carbocycles. The van der Waals surface area contributed by atoms with Gasteiger partial charge in [0.2, 0.25) is 0 Å². The first-order valence-electron chi connectivity index (χ1n) is 7.10. The van der Waals surface area contributed by atoms with E-state index in [-0.39, 0.29) is 6.04 Å². The maximum atomic E-state index is 4.43. The Hall–Kier alpha value is -1.20. The van der Waals surface area contributed by atoms with Gasteiger partial charge in [0.15, 0.2) is 0 Å². The van der Waals surface area contributed by atoms with Gasteiger partial charge in [-0.05, 0) is 53.0 Å². The summed E-state index contributed by atoms with van der Waals surface area (Å²) in [6.07, 6.45) is 6.67. The van der Waals surface area contributed by atoms with Crippen LogP contribution in [-0.2, 0) is 13.0 Å². The Morgan fingerprint density at radius 2 is 2.10 bits per heavy atom. The molecule has 0 aromatic carbocycles. The number of hydrogen-bond donors (Lipinski definition) is 1. The minimum Gasteiger partial charge on any atom is -0.305 e. The van der Waals surface area contributed by atoms with Crippen LogP contribution in [0.3, 0.4) is 0 Å². The van der Waals surface area contributed by atoms with Crippen molar-refractivity contribution in [2.24, 2.45) is 0 Å². The van der Waals surface area contributed by atoms with Gasteiger partial charge < -0.3 is 5.32 Å². The highest BCUT2D eigenvalue weighted by molar-refractivity contribution is 9.10. The fraction of sp³-hybridized carbons (Fsp3) is 0.467. The largest absolute Gasteiger partial charge is 0.305 e. The summed E-state index contributed by atoms with van der Waals surface area (Å²) in [7, 11) is 0. The fourth-order valence-corrected chi connectivity index (χ4v) is 3.01. The summed E-state index contributed by atoms with van der Waals surface area (Å²) >= 11 is 3.63. The van der Waals surface area contributed by atoms with Crippen LogP contribution in [0.1, 0.15) is 43.6 Å². The summed E-state index contributed by atoms with van der Waals surface area (Å²) in [4.78, 5) is 4.24. The van der Waals surface area contributed by atoms with Crippen LogP contribution in [0, 0.1) is 0 Å². The molecule has 0 amide bonds. The number of aromatic nitrogens is 3. The van der Waals surface area contributed by atoms with Gasteiger partial charge in [0.25, 0.3) is 0 Å². The quantitative estimate of drug-likeness (QED) is 0.879. The van der Waals surface area contributed by atoms with Crippen molar-refractivity contribution in [3.63, 3.8) is 0 Å². The fourth-order valence-electron chi connectivity index (χ4n) is 2.48. The highest BCUT2D eigenvalue weighted by atomic mass is 79.9. The summed E-state index contributed by atoms with van der Waals surface area (Å²) in [5, 5.41) is 8.01. The maximum absolute atomic E-state index is 4.43. The Bertz CT molecular complexity index is 565. The smallest absolute Gasteiger partial charge is 0.0763 e. The van der Waals surface area contributed by atoms with Crippen LogP contribution in [-0.4, -0.2) is 21.3 Å². The third-order valence-corrected chi connectivity index (χ3v) is 4.06. The van der Waals surface area contributed by atoms with E-state index in [4.69, 9.17) is 0 Å². The summed E-state index contributed by atoms with van der Waals surface area (Å²) < 4.78 is 3.08. The van der Waals surface area contributed by atoms with Crippen molar-refractivity contribution in [1.29, 1.82) is 0 Å².